The zero-order chi connectivity index (χ0) is 24.2. The van der Waals surface area contributed by atoms with Crippen molar-refractivity contribution in [2.75, 3.05) is 25.5 Å². The lowest BCUT2D eigenvalue weighted by Crippen LogP contribution is -2.37. The number of benzene rings is 3. The van der Waals surface area contributed by atoms with Crippen molar-refractivity contribution in [1.82, 2.24) is 9.88 Å². The predicted molar refractivity (Wildman–Crippen MR) is 142 cm³/mol. The SMILES string of the molecule is COc1ccc(-c2cc(Nc3cccc(CC4CCN(C(C)=O)CC4)c3)c3ccccc3n2)cc1. The van der Waals surface area contributed by atoms with Crippen LogP contribution >= 0.6 is 0 Å². The van der Waals surface area contributed by atoms with Crippen LogP contribution in [0.3, 0.4) is 0 Å². The van der Waals surface area contributed by atoms with E-state index < -0.39 is 0 Å². The Morgan fingerprint density at radius 3 is 2.51 bits per heavy atom. The van der Waals surface area contributed by atoms with Crippen molar-refractivity contribution in [2.45, 2.75) is 26.2 Å². The second kappa shape index (κ2) is 10.2. The summed E-state index contributed by atoms with van der Waals surface area (Å²) in [5.74, 6) is 1.63. The molecule has 5 heteroatoms. The third-order valence-corrected chi connectivity index (χ3v) is 6.89. The van der Waals surface area contributed by atoms with Gasteiger partial charge in [0.05, 0.1) is 24.0 Å². The molecule has 1 aromatic heterocycles. The molecule has 2 heterocycles. The lowest BCUT2D eigenvalue weighted by Gasteiger charge is -2.31. The first-order chi connectivity index (χ1) is 17.1. The van der Waals surface area contributed by atoms with Crippen LogP contribution in [0.25, 0.3) is 22.2 Å². The molecule has 3 aromatic carbocycles. The molecule has 1 aliphatic rings. The normalized spacial score (nSPS) is 14.2. The molecule has 5 nitrogen and oxygen atoms in total. The van der Waals surface area contributed by atoms with Crippen molar-refractivity contribution >= 4 is 28.2 Å². The van der Waals surface area contributed by atoms with Crippen LogP contribution in [-0.4, -0.2) is 36.0 Å². The largest absolute Gasteiger partial charge is 0.497 e. The van der Waals surface area contributed by atoms with Gasteiger partial charge in [-0.3, -0.25) is 4.79 Å². The van der Waals surface area contributed by atoms with Gasteiger partial charge in [-0.2, -0.15) is 0 Å². The summed E-state index contributed by atoms with van der Waals surface area (Å²) < 4.78 is 5.31. The van der Waals surface area contributed by atoms with Gasteiger partial charge in [0.1, 0.15) is 5.75 Å². The minimum Gasteiger partial charge on any atom is -0.497 e. The van der Waals surface area contributed by atoms with E-state index in [1.807, 2.05) is 41.3 Å². The Kier molecular flexibility index (Phi) is 6.66. The van der Waals surface area contributed by atoms with Gasteiger partial charge in [-0.1, -0.05) is 30.3 Å². The number of nitrogens with one attached hydrogen (secondary N) is 1. The summed E-state index contributed by atoms with van der Waals surface area (Å²) in [4.78, 5) is 18.5. The topological polar surface area (TPSA) is 54.5 Å². The standard InChI is InChI=1S/C30H31N3O2/c1-21(34)33-16-14-22(15-17-33)18-23-6-5-7-25(19-23)31-30-20-29(24-10-12-26(35-2)13-11-24)32-28-9-4-3-8-27(28)30/h3-13,19-20,22H,14-18H2,1-2H3,(H,31,32). The zero-order valence-electron chi connectivity index (χ0n) is 20.3. The molecule has 1 saturated heterocycles. The molecular weight excluding hydrogens is 434 g/mol. The van der Waals surface area contributed by atoms with Crippen molar-refractivity contribution < 1.29 is 9.53 Å². The number of likely N-dealkylation sites (tertiary alicyclic amines) is 1. The van der Waals surface area contributed by atoms with E-state index in [1.54, 1.807) is 14.0 Å². The third-order valence-electron chi connectivity index (χ3n) is 6.89. The monoisotopic (exact) mass is 465 g/mol. The Labute approximate surface area is 206 Å². The smallest absolute Gasteiger partial charge is 0.219 e. The summed E-state index contributed by atoms with van der Waals surface area (Å²) in [6, 6.07) is 27.0. The predicted octanol–water partition coefficient (Wildman–Crippen LogP) is 6.46. The first-order valence-corrected chi connectivity index (χ1v) is 12.2. The molecule has 0 bridgehead atoms. The number of amides is 1. The van der Waals surface area contributed by atoms with Gasteiger partial charge in [0.2, 0.25) is 5.91 Å². The Balaban J connectivity index is 1.38. The highest BCUT2D eigenvalue weighted by Crippen LogP contribution is 2.32. The molecule has 1 aliphatic heterocycles. The minimum absolute atomic E-state index is 0.188. The molecule has 35 heavy (non-hydrogen) atoms. The van der Waals surface area contributed by atoms with E-state index in [1.165, 1.54) is 5.56 Å². The van der Waals surface area contributed by atoms with Gasteiger partial charge in [-0.15, -0.1) is 0 Å². The molecule has 0 saturated carbocycles. The maximum atomic E-state index is 11.6. The average molecular weight is 466 g/mol. The van der Waals surface area contributed by atoms with Gasteiger partial charge in [0.15, 0.2) is 0 Å². The average Bonchev–Trinajstić information content (AvgIpc) is 2.89. The molecule has 1 fully saturated rings. The number of anilines is 2. The van der Waals surface area contributed by atoms with Crippen molar-refractivity contribution in [1.29, 1.82) is 0 Å². The number of rotatable bonds is 6. The fraction of sp³-hybridized carbons (Fsp3) is 0.267. The summed E-state index contributed by atoms with van der Waals surface area (Å²) >= 11 is 0. The molecular formula is C30H31N3O2. The number of carbonyl (C=O) groups excluding carboxylic acids is 1. The molecule has 4 aromatic rings. The van der Waals surface area contributed by atoms with Crippen LogP contribution < -0.4 is 10.1 Å². The van der Waals surface area contributed by atoms with Crippen LogP contribution in [0.2, 0.25) is 0 Å². The number of para-hydroxylation sites is 1. The lowest BCUT2D eigenvalue weighted by molar-refractivity contribution is -0.130. The molecule has 5 rings (SSSR count). The van der Waals surface area contributed by atoms with E-state index >= 15 is 0 Å². The van der Waals surface area contributed by atoms with Crippen LogP contribution in [0.4, 0.5) is 11.4 Å². The van der Waals surface area contributed by atoms with Gasteiger partial charge in [0.25, 0.3) is 0 Å². The van der Waals surface area contributed by atoms with Crippen LogP contribution in [0, 0.1) is 5.92 Å². The molecule has 1 amide bonds. The van der Waals surface area contributed by atoms with Crippen LogP contribution in [0.15, 0.2) is 78.9 Å². The number of hydrogen-bond donors (Lipinski definition) is 1. The number of nitrogens with zero attached hydrogens (tertiary/aromatic N) is 2. The maximum Gasteiger partial charge on any atom is 0.219 e. The fourth-order valence-corrected chi connectivity index (χ4v) is 4.91. The molecule has 0 unspecified atom stereocenters. The summed E-state index contributed by atoms with van der Waals surface area (Å²) in [5, 5.41) is 4.75. The number of fused-ring (bicyclic) bond motifs is 1. The summed E-state index contributed by atoms with van der Waals surface area (Å²) in [6.45, 7) is 3.41. The van der Waals surface area contributed by atoms with Crippen LogP contribution in [0.5, 0.6) is 5.75 Å². The number of carbonyl (C=O) groups is 1. The fourth-order valence-electron chi connectivity index (χ4n) is 4.91. The number of piperidine rings is 1. The van der Waals surface area contributed by atoms with Crippen LogP contribution in [0.1, 0.15) is 25.3 Å². The first-order valence-electron chi connectivity index (χ1n) is 12.2. The van der Waals surface area contributed by atoms with Crippen molar-refractivity contribution in [3.8, 4) is 17.0 Å². The molecule has 0 radical (unpaired) electrons. The second-order valence-electron chi connectivity index (χ2n) is 9.28. The van der Waals surface area contributed by atoms with E-state index in [2.05, 4.69) is 47.8 Å². The molecule has 0 spiro atoms. The van der Waals surface area contributed by atoms with Gasteiger partial charge >= 0.3 is 0 Å². The maximum absolute atomic E-state index is 11.6. The Morgan fingerprint density at radius 2 is 1.77 bits per heavy atom. The second-order valence-corrected chi connectivity index (χ2v) is 9.28. The van der Waals surface area contributed by atoms with E-state index in [0.717, 1.165) is 71.6 Å². The number of ether oxygens (including phenoxy) is 1. The highest BCUT2D eigenvalue weighted by Gasteiger charge is 2.21. The van der Waals surface area contributed by atoms with Gasteiger partial charge in [-0.05, 0) is 79.3 Å². The Bertz CT molecular complexity index is 1330. The first kappa shape index (κ1) is 22.9. The summed E-state index contributed by atoms with van der Waals surface area (Å²) in [7, 11) is 1.68. The van der Waals surface area contributed by atoms with Crippen molar-refractivity contribution in [3.63, 3.8) is 0 Å². The van der Waals surface area contributed by atoms with E-state index in [9.17, 15) is 4.79 Å². The highest BCUT2D eigenvalue weighted by molar-refractivity contribution is 5.95. The van der Waals surface area contributed by atoms with E-state index in [-0.39, 0.29) is 5.91 Å². The Morgan fingerprint density at radius 1 is 1.00 bits per heavy atom. The summed E-state index contributed by atoms with van der Waals surface area (Å²) in [6.07, 6.45) is 3.17. The summed E-state index contributed by atoms with van der Waals surface area (Å²) in [5.41, 5.74) is 6.35. The number of aromatic nitrogens is 1. The molecule has 1 N–H and O–H groups in total. The Hall–Kier alpha value is -3.86. The number of methoxy groups -OCH3 is 1. The van der Waals surface area contributed by atoms with Crippen molar-refractivity contribution in [2.24, 2.45) is 5.92 Å². The minimum atomic E-state index is 0.188. The van der Waals surface area contributed by atoms with E-state index in [0.29, 0.717) is 5.92 Å². The molecule has 178 valence electrons. The highest BCUT2D eigenvalue weighted by atomic mass is 16.5. The quantitative estimate of drug-likeness (QED) is 0.355. The number of pyridine rings is 1. The van der Waals surface area contributed by atoms with E-state index in [4.69, 9.17) is 9.72 Å². The van der Waals surface area contributed by atoms with Crippen LogP contribution in [-0.2, 0) is 11.2 Å². The van der Waals surface area contributed by atoms with Gasteiger partial charge < -0.3 is 15.0 Å². The molecule has 0 atom stereocenters. The number of hydrogen-bond acceptors (Lipinski definition) is 4. The zero-order valence-corrected chi connectivity index (χ0v) is 20.3. The molecule has 0 aliphatic carbocycles. The van der Waals surface area contributed by atoms with Gasteiger partial charge in [-0.25, -0.2) is 4.98 Å². The lowest BCUT2D eigenvalue weighted by atomic mass is 9.90. The third kappa shape index (κ3) is 5.29. The van der Waals surface area contributed by atoms with Crippen molar-refractivity contribution in [3.05, 3.63) is 84.4 Å². The van der Waals surface area contributed by atoms with Gasteiger partial charge in [0, 0.05) is 36.7 Å².